The molecular weight excluding hydrogens is 314 g/mol. The molecule has 19 heavy (non-hydrogen) atoms. The van der Waals surface area contributed by atoms with Crippen molar-refractivity contribution in [3.05, 3.63) is 38.3 Å². The van der Waals surface area contributed by atoms with Gasteiger partial charge in [-0.1, -0.05) is 22.9 Å². The quantitative estimate of drug-likeness (QED) is 0.473. The second-order valence-electron chi connectivity index (χ2n) is 3.84. The minimum Gasteiger partial charge on any atom is -0.325 e. The number of nitrogens with zero attached hydrogens (tertiary/aromatic N) is 3. The minimum atomic E-state index is -0.560. The van der Waals surface area contributed by atoms with Gasteiger partial charge in [0, 0.05) is 28.7 Å². The first-order valence-corrected chi connectivity index (χ1v) is 6.40. The zero-order valence-electron chi connectivity index (χ0n) is 10.3. The van der Waals surface area contributed by atoms with Gasteiger partial charge >= 0.3 is 0 Å². The van der Waals surface area contributed by atoms with Gasteiger partial charge in [0.1, 0.15) is 6.54 Å². The number of carbonyl (C=O) groups is 1. The Kier molecular flexibility index (Phi) is 5.45. The number of rotatable bonds is 5. The number of hydrogen-bond acceptors (Lipinski definition) is 4. The Balaban J connectivity index is 3.10. The molecule has 1 aromatic carbocycles. The molecule has 0 aliphatic carbocycles. The van der Waals surface area contributed by atoms with Gasteiger partial charge in [-0.25, -0.2) is 0 Å². The molecule has 1 aromatic rings. The van der Waals surface area contributed by atoms with E-state index in [4.69, 9.17) is 5.26 Å². The molecule has 0 radical (unpaired) electrons. The van der Waals surface area contributed by atoms with Crippen LogP contribution in [0.3, 0.4) is 0 Å². The van der Waals surface area contributed by atoms with E-state index in [9.17, 15) is 14.9 Å². The summed E-state index contributed by atoms with van der Waals surface area (Å²) in [7, 11) is 0. The number of benzene rings is 1. The van der Waals surface area contributed by atoms with Crippen molar-refractivity contribution in [2.45, 2.75) is 13.3 Å². The molecule has 0 spiro atoms. The summed E-state index contributed by atoms with van der Waals surface area (Å²) in [5, 5.41) is 19.5. The summed E-state index contributed by atoms with van der Waals surface area (Å²) in [6.07, 6.45) is 0.712. The van der Waals surface area contributed by atoms with Crippen LogP contribution in [0, 0.1) is 21.4 Å². The van der Waals surface area contributed by atoms with Gasteiger partial charge < -0.3 is 4.90 Å². The van der Waals surface area contributed by atoms with Crippen LogP contribution in [0.2, 0.25) is 0 Å². The van der Waals surface area contributed by atoms with Crippen LogP contribution in [0.5, 0.6) is 0 Å². The first kappa shape index (κ1) is 15.1. The molecule has 100 valence electrons. The van der Waals surface area contributed by atoms with E-state index in [0.29, 0.717) is 17.4 Å². The lowest BCUT2D eigenvalue weighted by Gasteiger charge is -2.18. The second-order valence-corrected chi connectivity index (χ2v) is 4.76. The highest BCUT2D eigenvalue weighted by molar-refractivity contribution is 9.10. The number of carbonyl (C=O) groups excluding carboxylic acids is 1. The molecule has 0 unspecified atom stereocenters. The van der Waals surface area contributed by atoms with Crippen molar-refractivity contribution in [2.24, 2.45) is 0 Å². The summed E-state index contributed by atoms with van der Waals surface area (Å²) in [4.78, 5) is 23.7. The van der Waals surface area contributed by atoms with Crippen LogP contribution < -0.4 is 0 Å². The van der Waals surface area contributed by atoms with Gasteiger partial charge in [-0.15, -0.1) is 0 Å². The van der Waals surface area contributed by atoms with Gasteiger partial charge in [-0.2, -0.15) is 5.26 Å². The Hall–Kier alpha value is -1.94. The lowest BCUT2D eigenvalue weighted by atomic mass is 10.1. The Morgan fingerprint density at radius 2 is 2.21 bits per heavy atom. The predicted octanol–water partition coefficient (Wildman–Crippen LogP) is 2.73. The number of non-ortho nitro benzene ring substituents is 1. The third-order valence-electron chi connectivity index (χ3n) is 2.38. The summed E-state index contributed by atoms with van der Waals surface area (Å²) in [6, 6.07) is 5.96. The molecule has 1 amide bonds. The molecule has 6 nitrogen and oxygen atoms in total. The van der Waals surface area contributed by atoms with E-state index >= 15 is 0 Å². The maximum absolute atomic E-state index is 12.2. The first-order chi connectivity index (χ1) is 8.99. The van der Waals surface area contributed by atoms with E-state index < -0.39 is 4.92 Å². The lowest BCUT2D eigenvalue weighted by molar-refractivity contribution is -0.385. The number of amides is 1. The fourth-order valence-electron chi connectivity index (χ4n) is 1.59. The fourth-order valence-corrected chi connectivity index (χ4v) is 2.07. The Morgan fingerprint density at radius 3 is 2.74 bits per heavy atom. The Morgan fingerprint density at radius 1 is 1.53 bits per heavy atom. The van der Waals surface area contributed by atoms with Gasteiger partial charge in [0.15, 0.2) is 0 Å². The summed E-state index contributed by atoms with van der Waals surface area (Å²) >= 11 is 3.14. The van der Waals surface area contributed by atoms with Gasteiger partial charge in [-0.05, 0) is 12.5 Å². The summed E-state index contributed by atoms with van der Waals surface area (Å²) in [6.45, 7) is 2.29. The molecule has 0 aliphatic heterocycles. The standard InChI is InChI=1S/C12H12BrN3O3/c1-2-4-15(5-3-14)12(17)9-6-10(13)8-11(7-9)16(18)19/h6-8H,2,4-5H2,1H3. The van der Waals surface area contributed by atoms with Crippen LogP contribution in [0.4, 0.5) is 5.69 Å². The van der Waals surface area contributed by atoms with Gasteiger partial charge in [0.05, 0.1) is 11.0 Å². The van der Waals surface area contributed by atoms with Gasteiger partial charge in [0.2, 0.25) is 0 Å². The molecule has 0 atom stereocenters. The molecule has 0 saturated carbocycles. The molecule has 0 aromatic heterocycles. The molecule has 0 saturated heterocycles. The molecule has 0 fully saturated rings. The van der Waals surface area contributed by atoms with Crippen LogP contribution in [0.1, 0.15) is 23.7 Å². The summed E-state index contributed by atoms with van der Waals surface area (Å²) < 4.78 is 0.457. The normalized spacial score (nSPS) is 9.74. The maximum Gasteiger partial charge on any atom is 0.271 e. The average molecular weight is 326 g/mol. The van der Waals surface area contributed by atoms with Crippen molar-refractivity contribution in [3.8, 4) is 6.07 Å². The van der Waals surface area contributed by atoms with Crippen molar-refractivity contribution in [2.75, 3.05) is 13.1 Å². The highest BCUT2D eigenvalue weighted by Crippen LogP contribution is 2.22. The molecule has 1 rings (SSSR count). The lowest BCUT2D eigenvalue weighted by Crippen LogP contribution is -2.32. The minimum absolute atomic E-state index is 0.0347. The smallest absolute Gasteiger partial charge is 0.271 e. The molecule has 0 aliphatic rings. The van der Waals surface area contributed by atoms with Crippen molar-refractivity contribution in [1.82, 2.24) is 4.90 Å². The van der Waals surface area contributed by atoms with E-state index in [-0.39, 0.29) is 23.7 Å². The van der Waals surface area contributed by atoms with Crippen LogP contribution in [-0.2, 0) is 0 Å². The number of halogens is 1. The highest BCUT2D eigenvalue weighted by Gasteiger charge is 2.18. The van der Waals surface area contributed by atoms with E-state index in [1.807, 2.05) is 13.0 Å². The zero-order valence-corrected chi connectivity index (χ0v) is 11.9. The molecule has 7 heteroatoms. The third kappa shape index (κ3) is 4.03. The van der Waals surface area contributed by atoms with Crippen LogP contribution >= 0.6 is 15.9 Å². The van der Waals surface area contributed by atoms with E-state index in [0.717, 1.165) is 0 Å². The molecule has 0 heterocycles. The third-order valence-corrected chi connectivity index (χ3v) is 2.84. The van der Waals surface area contributed by atoms with Crippen molar-refractivity contribution >= 4 is 27.5 Å². The number of nitriles is 1. The van der Waals surface area contributed by atoms with Crippen molar-refractivity contribution in [1.29, 1.82) is 5.26 Å². The number of nitro benzene ring substituents is 1. The first-order valence-electron chi connectivity index (χ1n) is 5.60. The fraction of sp³-hybridized carbons (Fsp3) is 0.333. The maximum atomic E-state index is 12.2. The zero-order chi connectivity index (χ0) is 14.4. The van der Waals surface area contributed by atoms with Crippen LogP contribution in [0.25, 0.3) is 0 Å². The Labute approximate surface area is 118 Å². The summed E-state index contributed by atoms with van der Waals surface area (Å²) in [5.74, 6) is -0.382. The Bertz CT molecular complexity index is 540. The van der Waals surface area contributed by atoms with Crippen molar-refractivity contribution < 1.29 is 9.72 Å². The second kappa shape index (κ2) is 6.85. The summed E-state index contributed by atoms with van der Waals surface area (Å²) in [5.41, 5.74) is 0.0379. The monoisotopic (exact) mass is 325 g/mol. The topological polar surface area (TPSA) is 87.2 Å². The average Bonchev–Trinajstić information content (AvgIpc) is 2.37. The van der Waals surface area contributed by atoms with Crippen molar-refractivity contribution in [3.63, 3.8) is 0 Å². The SMILES string of the molecule is CCCN(CC#N)C(=O)c1cc(Br)cc([N+](=O)[O-])c1. The molecule has 0 N–H and O–H groups in total. The van der Waals surface area contributed by atoms with E-state index in [1.165, 1.54) is 23.1 Å². The van der Waals surface area contributed by atoms with Crippen LogP contribution in [-0.4, -0.2) is 28.8 Å². The molecular formula is C12H12BrN3O3. The van der Waals surface area contributed by atoms with E-state index in [2.05, 4.69) is 15.9 Å². The number of nitro groups is 1. The van der Waals surface area contributed by atoms with E-state index in [1.54, 1.807) is 0 Å². The van der Waals surface area contributed by atoms with Crippen LogP contribution in [0.15, 0.2) is 22.7 Å². The number of hydrogen-bond donors (Lipinski definition) is 0. The predicted molar refractivity (Wildman–Crippen MR) is 72.6 cm³/mol. The highest BCUT2D eigenvalue weighted by atomic mass is 79.9. The largest absolute Gasteiger partial charge is 0.325 e. The van der Waals surface area contributed by atoms with Gasteiger partial charge in [0.25, 0.3) is 11.6 Å². The molecule has 0 bridgehead atoms. The van der Waals surface area contributed by atoms with Gasteiger partial charge in [-0.3, -0.25) is 14.9 Å².